The minimum Gasteiger partial charge on any atom is -0.591 e. The first kappa shape index (κ1) is 22.6. The van der Waals surface area contributed by atoms with Crippen LogP contribution in [0.4, 0.5) is 4.79 Å². The number of ether oxygens (including phenoxy) is 1. The van der Waals surface area contributed by atoms with Crippen molar-refractivity contribution in [3.63, 3.8) is 0 Å². The number of carbonyl (C=O) groups is 1. The van der Waals surface area contributed by atoms with E-state index in [-0.39, 0.29) is 11.5 Å². The van der Waals surface area contributed by atoms with Gasteiger partial charge in [-0.15, -0.1) is 0 Å². The molecule has 1 aromatic rings. The molecule has 1 atom stereocenters. The van der Waals surface area contributed by atoms with Crippen molar-refractivity contribution in [2.75, 3.05) is 13.1 Å². The predicted molar refractivity (Wildman–Crippen MR) is 119 cm³/mol. The molecule has 1 amide bonds. The Hall–Kier alpha value is -2.04. The molecule has 1 aromatic carbocycles. The predicted octanol–water partition coefficient (Wildman–Crippen LogP) is 4.38. The van der Waals surface area contributed by atoms with E-state index >= 15 is 0 Å². The molecule has 0 N–H and O–H groups in total. The molecule has 1 aliphatic heterocycles. The fourth-order valence-corrected chi connectivity index (χ4v) is 4.78. The van der Waals surface area contributed by atoms with Crippen molar-refractivity contribution in [1.82, 2.24) is 4.90 Å². The van der Waals surface area contributed by atoms with Crippen LogP contribution in [0.1, 0.15) is 71.1 Å². The van der Waals surface area contributed by atoms with Crippen molar-refractivity contribution in [2.24, 2.45) is 9.81 Å². The van der Waals surface area contributed by atoms with Gasteiger partial charge in [0, 0.05) is 24.1 Å². The molecule has 1 aliphatic carbocycles. The molecule has 0 radical (unpaired) electrons. The van der Waals surface area contributed by atoms with Crippen molar-refractivity contribution in [2.45, 2.75) is 71.2 Å². The second-order valence-corrected chi connectivity index (χ2v) is 12.1. The SMILES string of the molecule is CC(C)(C)OC(=O)N1CCC2(CC1)Cc1cccc(C#N)c1C2=N[S@+]([O-])C(C)(C)C. The van der Waals surface area contributed by atoms with Crippen molar-refractivity contribution in [3.05, 3.63) is 34.9 Å². The van der Waals surface area contributed by atoms with Crippen LogP contribution in [0.3, 0.4) is 0 Å². The molecule has 0 saturated carbocycles. The van der Waals surface area contributed by atoms with Gasteiger partial charge in [-0.1, -0.05) is 16.5 Å². The van der Waals surface area contributed by atoms with Gasteiger partial charge >= 0.3 is 6.09 Å². The summed E-state index contributed by atoms with van der Waals surface area (Å²) in [6.45, 7) is 12.4. The lowest BCUT2D eigenvalue weighted by Crippen LogP contribution is -2.47. The Morgan fingerprint density at radius 3 is 2.40 bits per heavy atom. The number of benzene rings is 1. The van der Waals surface area contributed by atoms with Crippen LogP contribution in [0.15, 0.2) is 22.6 Å². The number of hydrogen-bond acceptors (Lipinski definition) is 5. The summed E-state index contributed by atoms with van der Waals surface area (Å²) >= 11 is -1.43. The highest BCUT2D eigenvalue weighted by molar-refractivity contribution is 7.91. The molecule has 1 spiro atoms. The molecule has 30 heavy (non-hydrogen) atoms. The first-order valence-corrected chi connectivity index (χ1v) is 11.5. The smallest absolute Gasteiger partial charge is 0.410 e. The van der Waals surface area contributed by atoms with Crippen LogP contribution >= 0.6 is 0 Å². The van der Waals surface area contributed by atoms with E-state index in [1.807, 2.05) is 53.7 Å². The zero-order chi connectivity index (χ0) is 22.3. The third-order valence-electron chi connectivity index (χ3n) is 5.61. The van der Waals surface area contributed by atoms with Crippen molar-refractivity contribution < 1.29 is 14.1 Å². The van der Waals surface area contributed by atoms with E-state index < -0.39 is 21.7 Å². The normalized spacial score (nSPS) is 20.7. The van der Waals surface area contributed by atoms with E-state index in [4.69, 9.17) is 9.13 Å². The molecule has 0 unspecified atom stereocenters. The monoisotopic (exact) mass is 429 g/mol. The minimum absolute atomic E-state index is 0.303. The summed E-state index contributed by atoms with van der Waals surface area (Å²) in [5, 5.41) is 9.67. The summed E-state index contributed by atoms with van der Waals surface area (Å²) in [6, 6.07) is 8.00. The number of hydrogen-bond donors (Lipinski definition) is 0. The van der Waals surface area contributed by atoms with Gasteiger partial charge in [0.15, 0.2) is 0 Å². The zero-order valence-electron chi connectivity index (χ0n) is 18.7. The summed E-state index contributed by atoms with van der Waals surface area (Å²) in [5.41, 5.74) is 2.41. The van der Waals surface area contributed by atoms with Gasteiger partial charge in [-0.3, -0.25) is 0 Å². The Morgan fingerprint density at radius 1 is 1.23 bits per heavy atom. The number of nitriles is 1. The Balaban J connectivity index is 1.94. The fourth-order valence-electron chi connectivity index (χ4n) is 4.05. The van der Waals surface area contributed by atoms with Gasteiger partial charge in [-0.25, -0.2) is 4.79 Å². The molecule has 3 rings (SSSR count). The second kappa shape index (κ2) is 7.90. The Labute approximate surface area is 182 Å². The van der Waals surface area contributed by atoms with E-state index in [0.717, 1.165) is 23.3 Å². The number of rotatable bonds is 1. The first-order chi connectivity index (χ1) is 13.9. The topological polar surface area (TPSA) is 88.8 Å². The maximum absolute atomic E-state index is 12.9. The van der Waals surface area contributed by atoms with E-state index in [0.29, 0.717) is 31.5 Å². The van der Waals surface area contributed by atoms with Crippen molar-refractivity contribution in [1.29, 1.82) is 5.26 Å². The fraction of sp³-hybridized carbons (Fsp3) is 0.609. The summed E-state index contributed by atoms with van der Waals surface area (Å²) in [7, 11) is 0. The summed E-state index contributed by atoms with van der Waals surface area (Å²) in [5.74, 6) is 0. The standard InChI is InChI=1S/C23H31N3O3S/c1-21(2,3)29-20(27)26-12-10-23(11-13-26)14-16-8-7-9-17(15-24)18(16)19(23)25-30(28)22(4,5)6/h7-9H,10-14H2,1-6H3/t30-/m1/s1. The lowest BCUT2D eigenvalue weighted by atomic mass is 9.74. The number of likely N-dealkylation sites (tertiary alicyclic amines) is 1. The Kier molecular flexibility index (Phi) is 5.96. The average Bonchev–Trinajstić information content (AvgIpc) is 2.93. The lowest BCUT2D eigenvalue weighted by molar-refractivity contribution is 0.0159. The molecule has 162 valence electrons. The van der Waals surface area contributed by atoms with Gasteiger partial charge in [-0.05, 0) is 72.4 Å². The molecular formula is C23H31N3O3S. The summed E-state index contributed by atoms with van der Waals surface area (Å²) in [4.78, 5) is 14.2. The zero-order valence-corrected chi connectivity index (χ0v) is 19.6. The lowest BCUT2D eigenvalue weighted by Gasteiger charge is -2.39. The highest BCUT2D eigenvalue weighted by atomic mass is 32.2. The molecule has 0 bridgehead atoms. The molecule has 2 aliphatic rings. The molecule has 1 fully saturated rings. The van der Waals surface area contributed by atoms with Crippen LogP contribution in [-0.2, 0) is 22.5 Å². The van der Waals surface area contributed by atoms with Gasteiger partial charge in [-0.2, -0.15) is 5.26 Å². The first-order valence-electron chi connectivity index (χ1n) is 10.4. The highest BCUT2D eigenvalue weighted by Crippen LogP contribution is 2.47. The molecular weight excluding hydrogens is 398 g/mol. The van der Waals surface area contributed by atoms with E-state index in [1.165, 1.54) is 0 Å². The van der Waals surface area contributed by atoms with Crippen LogP contribution in [0.25, 0.3) is 0 Å². The third kappa shape index (κ3) is 4.50. The summed E-state index contributed by atoms with van der Waals surface area (Å²) < 4.78 is 22.7. The molecule has 1 heterocycles. The number of fused-ring (bicyclic) bond motifs is 1. The van der Waals surface area contributed by atoms with E-state index in [2.05, 4.69) is 6.07 Å². The van der Waals surface area contributed by atoms with Gasteiger partial charge in [0.25, 0.3) is 0 Å². The van der Waals surface area contributed by atoms with Crippen LogP contribution < -0.4 is 0 Å². The quantitative estimate of drug-likeness (QED) is 0.620. The maximum atomic E-state index is 12.9. The average molecular weight is 430 g/mol. The Bertz CT molecular complexity index is 898. The summed E-state index contributed by atoms with van der Waals surface area (Å²) in [6.07, 6.45) is 1.85. The van der Waals surface area contributed by atoms with Crippen LogP contribution in [0, 0.1) is 16.7 Å². The second-order valence-electron chi connectivity index (χ2n) is 10.2. The van der Waals surface area contributed by atoms with Gasteiger partial charge in [0.1, 0.15) is 27.4 Å². The van der Waals surface area contributed by atoms with Gasteiger partial charge in [0.05, 0.1) is 11.6 Å². The number of piperidine rings is 1. The third-order valence-corrected chi connectivity index (χ3v) is 7.01. The Morgan fingerprint density at radius 2 is 1.87 bits per heavy atom. The van der Waals surface area contributed by atoms with Crippen LogP contribution in [0.2, 0.25) is 0 Å². The highest BCUT2D eigenvalue weighted by Gasteiger charge is 2.49. The van der Waals surface area contributed by atoms with Gasteiger partial charge in [0.2, 0.25) is 0 Å². The molecule has 7 heteroatoms. The number of amides is 1. The van der Waals surface area contributed by atoms with Crippen LogP contribution in [0.5, 0.6) is 0 Å². The van der Waals surface area contributed by atoms with Crippen molar-refractivity contribution >= 4 is 23.2 Å². The molecule has 6 nitrogen and oxygen atoms in total. The van der Waals surface area contributed by atoms with Crippen molar-refractivity contribution in [3.8, 4) is 6.07 Å². The molecule has 1 saturated heterocycles. The largest absolute Gasteiger partial charge is 0.591 e. The minimum atomic E-state index is -1.43. The van der Waals surface area contributed by atoms with E-state index in [9.17, 15) is 14.6 Å². The number of carbonyl (C=O) groups excluding carboxylic acids is 1. The maximum Gasteiger partial charge on any atom is 0.410 e. The van der Waals surface area contributed by atoms with E-state index in [1.54, 1.807) is 11.0 Å². The number of nitrogens with zero attached hydrogens (tertiary/aromatic N) is 3. The van der Waals surface area contributed by atoms with Crippen LogP contribution in [-0.4, -0.2) is 44.7 Å². The molecule has 0 aromatic heterocycles. The van der Waals surface area contributed by atoms with Gasteiger partial charge < -0.3 is 14.2 Å².